The van der Waals surface area contributed by atoms with Gasteiger partial charge in [0.1, 0.15) is 4.21 Å². The van der Waals surface area contributed by atoms with E-state index in [1.807, 2.05) is 12.3 Å². The van der Waals surface area contributed by atoms with E-state index in [0.717, 1.165) is 31.5 Å². The van der Waals surface area contributed by atoms with Crippen LogP contribution in [0, 0.1) is 0 Å². The van der Waals surface area contributed by atoms with Crippen LogP contribution in [0.5, 0.6) is 0 Å². The van der Waals surface area contributed by atoms with Gasteiger partial charge in [-0.25, -0.2) is 13.1 Å². The van der Waals surface area contributed by atoms with Gasteiger partial charge in [-0.1, -0.05) is 46.0 Å². The Balaban J connectivity index is 2.31. The maximum atomic E-state index is 12.1. The van der Waals surface area contributed by atoms with E-state index in [1.54, 1.807) is 6.07 Å². The second-order valence-corrected chi connectivity index (χ2v) is 8.12. The second-order valence-electron chi connectivity index (χ2n) is 5.22. The Morgan fingerprint density at radius 3 is 2.52 bits per heavy atom. The summed E-state index contributed by atoms with van der Waals surface area (Å²) in [4.78, 5) is 0. The molecule has 0 saturated carbocycles. The molecule has 1 heterocycles. The molecule has 6 heteroatoms. The molecule has 21 heavy (non-hydrogen) atoms. The minimum atomic E-state index is -3.32. The van der Waals surface area contributed by atoms with E-state index in [-0.39, 0.29) is 0 Å². The molecule has 2 N–H and O–H groups in total. The van der Waals surface area contributed by atoms with Crippen LogP contribution in [0.3, 0.4) is 0 Å². The van der Waals surface area contributed by atoms with Gasteiger partial charge in [-0.15, -0.1) is 11.3 Å². The average molecular weight is 333 g/mol. The molecular weight excluding hydrogens is 304 g/mol. The fraction of sp³-hybridized carbons (Fsp3) is 0.733. The first-order chi connectivity index (χ1) is 10.1. The first kappa shape index (κ1) is 18.6. The Kier molecular flexibility index (Phi) is 9.15. The Morgan fingerprint density at radius 2 is 1.81 bits per heavy atom. The van der Waals surface area contributed by atoms with Gasteiger partial charge in [0.05, 0.1) is 0 Å². The van der Waals surface area contributed by atoms with Gasteiger partial charge in [-0.05, 0) is 30.0 Å². The summed E-state index contributed by atoms with van der Waals surface area (Å²) in [6.07, 6.45) is 6.97. The van der Waals surface area contributed by atoms with Gasteiger partial charge in [-0.2, -0.15) is 0 Å². The SMILES string of the molecule is CCCCCCCCNS(=O)(=O)c1cc(CNCC)cs1. The molecule has 0 aliphatic carbocycles. The average Bonchev–Trinajstić information content (AvgIpc) is 2.94. The number of rotatable bonds is 12. The molecule has 122 valence electrons. The highest BCUT2D eigenvalue weighted by Crippen LogP contribution is 2.20. The van der Waals surface area contributed by atoms with Crippen LogP contribution in [0.1, 0.15) is 57.9 Å². The lowest BCUT2D eigenvalue weighted by atomic mass is 10.1. The smallest absolute Gasteiger partial charge is 0.250 e. The fourth-order valence-corrected chi connectivity index (χ4v) is 4.37. The molecule has 0 atom stereocenters. The zero-order valence-corrected chi connectivity index (χ0v) is 14.8. The van der Waals surface area contributed by atoms with E-state index in [4.69, 9.17) is 0 Å². The highest BCUT2D eigenvalue weighted by atomic mass is 32.2. The molecule has 0 amide bonds. The van der Waals surface area contributed by atoms with Gasteiger partial charge >= 0.3 is 0 Å². The van der Waals surface area contributed by atoms with Crippen molar-refractivity contribution < 1.29 is 8.42 Å². The van der Waals surface area contributed by atoms with Crippen LogP contribution in [0.15, 0.2) is 15.7 Å². The van der Waals surface area contributed by atoms with E-state index in [9.17, 15) is 8.42 Å². The van der Waals surface area contributed by atoms with Gasteiger partial charge < -0.3 is 5.32 Å². The van der Waals surface area contributed by atoms with Crippen LogP contribution >= 0.6 is 11.3 Å². The van der Waals surface area contributed by atoms with E-state index in [0.29, 0.717) is 10.8 Å². The second kappa shape index (κ2) is 10.3. The lowest BCUT2D eigenvalue weighted by Crippen LogP contribution is -2.24. The van der Waals surface area contributed by atoms with Crippen molar-refractivity contribution >= 4 is 21.4 Å². The maximum absolute atomic E-state index is 12.1. The normalized spacial score (nSPS) is 11.9. The minimum absolute atomic E-state index is 0.418. The van der Waals surface area contributed by atoms with Crippen LogP contribution in [-0.4, -0.2) is 21.5 Å². The lowest BCUT2D eigenvalue weighted by molar-refractivity contribution is 0.569. The van der Waals surface area contributed by atoms with E-state index in [1.165, 1.54) is 37.0 Å². The summed E-state index contributed by atoms with van der Waals surface area (Å²) in [6, 6.07) is 1.76. The van der Waals surface area contributed by atoms with Crippen LogP contribution in [0.2, 0.25) is 0 Å². The van der Waals surface area contributed by atoms with Crippen molar-refractivity contribution in [2.45, 2.75) is 63.1 Å². The van der Waals surface area contributed by atoms with Gasteiger partial charge in [0.25, 0.3) is 0 Å². The summed E-state index contributed by atoms with van der Waals surface area (Å²) in [6.45, 7) is 6.37. The van der Waals surface area contributed by atoms with Crippen LogP contribution < -0.4 is 10.0 Å². The monoisotopic (exact) mass is 332 g/mol. The summed E-state index contributed by atoms with van der Waals surface area (Å²) in [5.41, 5.74) is 1.03. The molecule has 0 aliphatic rings. The predicted molar refractivity (Wildman–Crippen MR) is 90.3 cm³/mol. The van der Waals surface area contributed by atoms with Crippen LogP contribution in [-0.2, 0) is 16.6 Å². The third-order valence-corrected chi connectivity index (χ3v) is 6.25. The largest absolute Gasteiger partial charge is 0.313 e. The Hall–Kier alpha value is -0.430. The summed E-state index contributed by atoms with van der Waals surface area (Å²) in [5.74, 6) is 0. The van der Waals surface area contributed by atoms with E-state index < -0.39 is 10.0 Å². The molecule has 0 aliphatic heterocycles. The van der Waals surface area contributed by atoms with Crippen molar-refractivity contribution in [3.05, 3.63) is 17.0 Å². The number of hydrogen-bond acceptors (Lipinski definition) is 4. The first-order valence-corrected chi connectivity index (χ1v) is 10.2. The Labute approximate surface area is 133 Å². The first-order valence-electron chi connectivity index (χ1n) is 7.88. The molecule has 0 bridgehead atoms. The number of unbranched alkanes of at least 4 members (excludes halogenated alkanes) is 5. The fourth-order valence-electron chi connectivity index (χ4n) is 2.04. The zero-order chi connectivity index (χ0) is 15.6. The number of hydrogen-bond donors (Lipinski definition) is 2. The summed E-state index contributed by atoms with van der Waals surface area (Å²) in [7, 11) is -3.32. The molecule has 1 aromatic heterocycles. The molecule has 1 rings (SSSR count). The lowest BCUT2D eigenvalue weighted by Gasteiger charge is -2.04. The minimum Gasteiger partial charge on any atom is -0.313 e. The number of nitrogens with one attached hydrogen (secondary N) is 2. The topological polar surface area (TPSA) is 58.2 Å². The van der Waals surface area contributed by atoms with Crippen molar-refractivity contribution in [2.75, 3.05) is 13.1 Å². The molecule has 1 aromatic rings. The molecule has 4 nitrogen and oxygen atoms in total. The molecule has 0 radical (unpaired) electrons. The molecule has 0 aromatic carbocycles. The van der Waals surface area contributed by atoms with Crippen LogP contribution in [0.4, 0.5) is 0 Å². The highest BCUT2D eigenvalue weighted by molar-refractivity contribution is 7.91. The molecular formula is C15H28N2O2S2. The van der Waals surface area contributed by atoms with Crippen LogP contribution in [0.25, 0.3) is 0 Å². The van der Waals surface area contributed by atoms with Crippen molar-refractivity contribution in [1.29, 1.82) is 0 Å². The predicted octanol–water partition coefficient (Wildman–Crippen LogP) is 3.50. The molecule has 0 saturated heterocycles. The molecule has 0 unspecified atom stereocenters. The quantitative estimate of drug-likeness (QED) is 0.576. The van der Waals surface area contributed by atoms with Crippen molar-refractivity contribution in [2.24, 2.45) is 0 Å². The summed E-state index contributed by atoms with van der Waals surface area (Å²) >= 11 is 1.29. The third kappa shape index (κ3) is 7.40. The van der Waals surface area contributed by atoms with Gasteiger partial charge in [-0.3, -0.25) is 0 Å². The third-order valence-electron chi connectivity index (χ3n) is 3.30. The molecule has 0 spiro atoms. The number of thiophene rings is 1. The summed E-state index contributed by atoms with van der Waals surface area (Å²) in [5, 5.41) is 5.10. The Bertz CT molecular complexity index is 484. The van der Waals surface area contributed by atoms with E-state index >= 15 is 0 Å². The standard InChI is InChI=1S/C15H28N2O2S2/c1-3-5-6-7-8-9-10-17-21(18,19)15-11-14(13-20-15)12-16-4-2/h11,13,16-17H,3-10,12H2,1-2H3. The van der Waals surface area contributed by atoms with Gasteiger partial charge in [0.15, 0.2) is 0 Å². The highest BCUT2D eigenvalue weighted by Gasteiger charge is 2.15. The van der Waals surface area contributed by atoms with Crippen molar-refractivity contribution in [1.82, 2.24) is 10.0 Å². The van der Waals surface area contributed by atoms with Gasteiger partial charge in [0.2, 0.25) is 10.0 Å². The van der Waals surface area contributed by atoms with E-state index in [2.05, 4.69) is 17.0 Å². The molecule has 0 fully saturated rings. The Morgan fingerprint density at radius 1 is 1.10 bits per heavy atom. The maximum Gasteiger partial charge on any atom is 0.250 e. The summed E-state index contributed by atoms with van der Waals surface area (Å²) < 4.78 is 27.4. The number of sulfonamides is 1. The van der Waals surface area contributed by atoms with Crippen molar-refractivity contribution in [3.8, 4) is 0 Å². The zero-order valence-electron chi connectivity index (χ0n) is 13.2. The van der Waals surface area contributed by atoms with Gasteiger partial charge in [0, 0.05) is 13.1 Å². The van der Waals surface area contributed by atoms with Crippen molar-refractivity contribution in [3.63, 3.8) is 0 Å².